The molecule has 2 aromatic rings. The average Bonchev–Trinajstić information content (AvgIpc) is 2.65. The molecule has 0 aliphatic carbocycles. The second-order valence-corrected chi connectivity index (χ2v) is 7.50. The molecular formula is C19H18BrClF2N2O2. The highest BCUT2D eigenvalue weighted by molar-refractivity contribution is 9.10. The molecule has 0 N–H and O–H groups in total. The Kier molecular flexibility index (Phi) is 6.68. The lowest BCUT2D eigenvalue weighted by Gasteiger charge is -2.35. The van der Waals surface area contributed by atoms with E-state index in [4.69, 9.17) is 11.6 Å². The average molecular weight is 460 g/mol. The Bertz CT molecular complexity index is 814. The number of halogens is 4. The SMILES string of the molecule is O=C(c1cc(Br)ccc1OC(F)F)N1CCN(Cc2ccccc2Cl)CC1. The first-order valence-electron chi connectivity index (χ1n) is 8.43. The van der Waals surface area contributed by atoms with Gasteiger partial charge in [0.1, 0.15) is 5.75 Å². The van der Waals surface area contributed by atoms with Gasteiger partial charge < -0.3 is 9.64 Å². The summed E-state index contributed by atoms with van der Waals surface area (Å²) in [6.45, 7) is 0.0863. The molecule has 1 heterocycles. The van der Waals surface area contributed by atoms with Gasteiger partial charge in [-0.3, -0.25) is 9.69 Å². The van der Waals surface area contributed by atoms with Gasteiger partial charge in [-0.15, -0.1) is 0 Å². The van der Waals surface area contributed by atoms with E-state index in [1.165, 1.54) is 12.1 Å². The first-order valence-corrected chi connectivity index (χ1v) is 9.60. The molecule has 144 valence electrons. The molecule has 0 atom stereocenters. The third kappa shape index (κ3) is 5.18. The van der Waals surface area contributed by atoms with Crippen LogP contribution in [-0.2, 0) is 6.54 Å². The molecule has 1 aliphatic rings. The molecule has 0 radical (unpaired) electrons. The molecule has 0 spiro atoms. The lowest BCUT2D eigenvalue weighted by molar-refractivity contribution is -0.0503. The van der Waals surface area contributed by atoms with Crippen molar-refractivity contribution < 1.29 is 18.3 Å². The highest BCUT2D eigenvalue weighted by Gasteiger charge is 2.25. The summed E-state index contributed by atoms with van der Waals surface area (Å²) in [5.74, 6) is -0.430. The van der Waals surface area contributed by atoms with Gasteiger partial charge in [-0.1, -0.05) is 45.7 Å². The molecule has 1 fully saturated rings. The van der Waals surface area contributed by atoms with Crippen molar-refractivity contribution in [3.05, 3.63) is 63.1 Å². The largest absolute Gasteiger partial charge is 0.434 e. The van der Waals surface area contributed by atoms with Crippen LogP contribution in [0.1, 0.15) is 15.9 Å². The molecule has 3 rings (SSSR count). The number of carbonyl (C=O) groups excluding carboxylic acids is 1. The number of hydrogen-bond acceptors (Lipinski definition) is 3. The molecule has 1 aliphatic heterocycles. The smallest absolute Gasteiger partial charge is 0.387 e. The van der Waals surface area contributed by atoms with E-state index in [1.807, 2.05) is 24.3 Å². The predicted molar refractivity (Wildman–Crippen MR) is 103 cm³/mol. The molecule has 8 heteroatoms. The molecule has 2 aromatic carbocycles. The van der Waals surface area contributed by atoms with Gasteiger partial charge in [-0.05, 0) is 29.8 Å². The maximum Gasteiger partial charge on any atom is 0.387 e. The van der Waals surface area contributed by atoms with Crippen molar-refractivity contribution in [2.24, 2.45) is 0 Å². The summed E-state index contributed by atoms with van der Waals surface area (Å²) in [4.78, 5) is 16.7. The topological polar surface area (TPSA) is 32.8 Å². The monoisotopic (exact) mass is 458 g/mol. The van der Waals surface area contributed by atoms with Crippen molar-refractivity contribution in [3.8, 4) is 5.75 Å². The Labute approximate surface area is 169 Å². The number of carbonyl (C=O) groups is 1. The zero-order chi connectivity index (χ0) is 19.4. The van der Waals surface area contributed by atoms with Crippen molar-refractivity contribution in [1.82, 2.24) is 9.80 Å². The van der Waals surface area contributed by atoms with Crippen molar-refractivity contribution in [3.63, 3.8) is 0 Å². The number of amides is 1. The minimum absolute atomic E-state index is 0.114. The summed E-state index contributed by atoms with van der Waals surface area (Å²) in [6, 6.07) is 12.1. The van der Waals surface area contributed by atoms with Gasteiger partial charge in [0.2, 0.25) is 0 Å². The first kappa shape index (κ1) is 20.0. The van der Waals surface area contributed by atoms with E-state index in [1.54, 1.807) is 11.0 Å². The molecular weight excluding hydrogens is 442 g/mol. The van der Waals surface area contributed by atoms with Crippen molar-refractivity contribution in [2.45, 2.75) is 13.2 Å². The molecule has 0 aromatic heterocycles. The number of ether oxygens (including phenoxy) is 1. The van der Waals surface area contributed by atoms with Crippen molar-refractivity contribution in [2.75, 3.05) is 26.2 Å². The van der Waals surface area contributed by atoms with Gasteiger partial charge in [0.05, 0.1) is 5.56 Å². The Morgan fingerprint density at radius 3 is 2.52 bits per heavy atom. The molecule has 1 saturated heterocycles. The fraction of sp³-hybridized carbons (Fsp3) is 0.316. The van der Waals surface area contributed by atoms with Gasteiger partial charge in [0.25, 0.3) is 5.91 Å². The van der Waals surface area contributed by atoms with Crippen LogP contribution in [0.3, 0.4) is 0 Å². The van der Waals surface area contributed by atoms with Gasteiger partial charge in [0, 0.05) is 42.2 Å². The molecule has 1 amide bonds. The fourth-order valence-electron chi connectivity index (χ4n) is 3.02. The Morgan fingerprint density at radius 1 is 1.15 bits per heavy atom. The van der Waals surface area contributed by atoms with Crippen LogP contribution in [-0.4, -0.2) is 48.5 Å². The second kappa shape index (κ2) is 8.99. The Morgan fingerprint density at radius 2 is 1.85 bits per heavy atom. The van der Waals surface area contributed by atoms with Crippen molar-refractivity contribution >= 4 is 33.4 Å². The third-order valence-electron chi connectivity index (χ3n) is 4.40. The minimum atomic E-state index is -2.98. The van der Waals surface area contributed by atoms with Crippen LogP contribution in [0.4, 0.5) is 8.78 Å². The molecule has 4 nitrogen and oxygen atoms in total. The number of nitrogens with zero attached hydrogens (tertiary/aromatic N) is 2. The quantitative estimate of drug-likeness (QED) is 0.652. The van der Waals surface area contributed by atoms with Crippen LogP contribution >= 0.6 is 27.5 Å². The summed E-state index contributed by atoms with van der Waals surface area (Å²) in [5, 5.41) is 0.721. The summed E-state index contributed by atoms with van der Waals surface area (Å²) < 4.78 is 30.4. The highest BCUT2D eigenvalue weighted by atomic mass is 79.9. The summed E-state index contributed by atoms with van der Waals surface area (Å²) in [6.07, 6.45) is 0. The van der Waals surface area contributed by atoms with Gasteiger partial charge in [-0.25, -0.2) is 0 Å². The standard InChI is InChI=1S/C19H18BrClF2N2O2/c20-14-5-6-17(27-19(22)23)15(11-14)18(26)25-9-7-24(8-10-25)12-13-3-1-2-4-16(13)21/h1-6,11,19H,7-10,12H2. The van der Waals surface area contributed by atoms with E-state index in [0.29, 0.717) is 37.2 Å². The lowest BCUT2D eigenvalue weighted by Crippen LogP contribution is -2.48. The first-order chi connectivity index (χ1) is 12.9. The van der Waals surface area contributed by atoms with Crippen LogP contribution in [0, 0.1) is 0 Å². The lowest BCUT2D eigenvalue weighted by atomic mass is 10.1. The third-order valence-corrected chi connectivity index (χ3v) is 5.26. The van der Waals surface area contributed by atoms with Gasteiger partial charge in [-0.2, -0.15) is 8.78 Å². The van der Waals surface area contributed by atoms with Gasteiger partial charge >= 0.3 is 6.61 Å². The molecule has 0 unspecified atom stereocenters. The minimum Gasteiger partial charge on any atom is -0.434 e. The number of benzene rings is 2. The number of rotatable bonds is 5. The Balaban J connectivity index is 1.65. The van der Waals surface area contributed by atoms with Gasteiger partial charge in [0.15, 0.2) is 0 Å². The normalized spacial score (nSPS) is 15.2. The van der Waals surface area contributed by atoms with Crippen LogP contribution in [0.25, 0.3) is 0 Å². The Hall–Kier alpha value is -1.70. The zero-order valence-corrected chi connectivity index (χ0v) is 16.7. The van der Waals surface area contributed by atoms with Crippen LogP contribution < -0.4 is 4.74 Å². The van der Waals surface area contributed by atoms with E-state index in [0.717, 1.165) is 10.6 Å². The second-order valence-electron chi connectivity index (χ2n) is 6.18. The van der Waals surface area contributed by atoms with E-state index in [9.17, 15) is 13.6 Å². The van der Waals surface area contributed by atoms with E-state index >= 15 is 0 Å². The summed E-state index contributed by atoms with van der Waals surface area (Å²) in [5.41, 5.74) is 1.17. The number of hydrogen-bond donors (Lipinski definition) is 0. The predicted octanol–water partition coefficient (Wildman–Crippen LogP) is 4.66. The highest BCUT2D eigenvalue weighted by Crippen LogP contribution is 2.27. The molecule has 27 heavy (non-hydrogen) atoms. The van der Waals surface area contributed by atoms with Crippen LogP contribution in [0.2, 0.25) is 5.02 Å². The molecule has 0 saturated carbocycles. The van der Waals surface area contributed by atoms with E-state index in [2.05, 4.69) is 25.6 Å². The zero-order valence-electron chi connectivity index (χ0n) is 14.4. The maximum absolute atomic E-state index is 12.8. The molecule has 0 bridgehead atoms. The van der Waals surface area contributed by atoms with E-state index < -0.39 is 6.61 Å². The summed E-state index contributed by atoms with van der Waals surface area (Å²) in [7, 11) is 0. The maximum atomic E-state index is 12.8. The number of piperazine rings is 1. The summed E-state index contributed by atoms with van der Waals surface area (Å²) >= 11 is 9.48. The van der Waals surface area contributed by atoms with Crippen LogP contribution in [0.15, 0.2) is 46.9 Å². The fourth-order valence-corrected chi connectivity index (χ4v) is 3.57. The van der Waals surface area contributed by atoms with Crippen LogP contribution in [0.5, 0.6) is 5.75 Å². The van der Waals surface area contributed by atoms with Crippen molar-refractivity contribution in [1.29, 1.82) is 0 Å². The van der Waals surface area contributed by atoms with E-state index in [-0.39, 0.29) is 17.2 Å². The number of alkyl halides is 2.